The van der Waals surface area contributed by atoms with Gasteiger partial charge in [0.25, 0.3) is 0 Å². The normalized spacial score (nSPS) is 10.9. The second-order valence-corrected chi connectivity index (χ2v) is 5.11. The van der Waals surface area contributed by atoms with Crippen molar-refractivity contribution in [3.8, 4) is 17.2 Å². The summed E-state index contributed by atoms with van der Waals surface area (Å²) in [7, 11) is 1.43. The molecular formula is C19H14O6. The van der Waals surface area contributed by atoms with Gasteiger partial charge in [-0.1, -0.05) is 18.2 Å². The van der Waals surface area contributed by atoms with Crippen molar-refractivity contribution in [2.45, 2.75) is 0 Å². The van der Waals surface area contributed by atoms with Gasteiger partial charge in [-0.15, -0.1) is 0 Å². The average molecular weight is 338 g/mol. The molecule has 0 bridgehead atoms. The van der Waals surface area contributed by atoms with Crippen molar-refractivity contribution in [2.24, 2.45) is 0 Å². The van der Waals surface area contributed by atoms with Gasteiger partial charge in [0.15, 0.2) is 11.5 Å². The molecule has 0 aliphatic carbocycles. The van der Waals surface area contributed by atoms with E-state index in [4.69, 9.17) is 13.9 Å². The van der Waals surface area contributed by atoms with E-state index in [1.807, 2.05) is 0 Å². The van der Waals surface area contributed by atoms with E-state index in [1.54, 1.807) is 36.4 Å². The first-order valence-corrected chi connectivity index (χ1v) is 7.36. The standard InChI is InChI=1S/C19H14O6/c1-23-17-10-12(6-8-14(17)20)7-9-18(21)25-16-11-19(22)24-15-5-3-2-4-13(15)16/h2-11,20H,1H3. The third-order valence-electron chi connectivity index (χ3n) is 3.44. The number of methoxy groups -OCH3 is 1. The molecule has 0 saturated carbocycles. The summed E-state index contributed by atoms with van der Waals surface area (Å²) in [5.74, 6) is -0.223. The molecule has 0 saturated heterocycles. The molecule has 0 aliphatic heterocycles. The predicted molar refractivity (Wildman–Crippen MR) is 91.8 cm³/mol. The van der Waals surface area contributed by atoms with E-state index in [0.717, 1.165) is 6.07 Å². The number of phenols is 1. The molecule has 0 atom stereocenters. The Bertz CT molecular complexity index is 1020. The van der Waals surface area contributed by atoms with Gasteiger partial charge < -0.3 is 19.0 Å². The van der Waals surface area contributed by atoms with Gasteiger partial charge in [0.05, 0.1) is 18.6 Å². The molecule has 3 aromatic rings. The molecule has 25 heavy (non-hydrogen) atoms. The first kappa shape index (κ1) is 16.3. The van der Waals surface area contributed by atoms with Gasteiger partial charge in [0, 0.05) is 6.08 Å². The summed E-state index contributed by atoms with van der Waals surface area (Å²) < 4.78 is 15.3. The van der Waals surface area contributed by atoms with Crippen LogP contribution in [0.15, 0.2) is 63.8 Å². The number of esters is 1. The lowest BCUT2D eigenvalue weighted by atomic mass is 10.2. The lowest BCUT2D eigenvalue weighted by Crippen LogP contribution is -2.07. The number of fused-ring (bicyclic) bond motifs is 1. The van der Waals surface area contributed by atoms with Crippen LogP contribution in [0, 0.1) is 0 Å². The average Bonchev–Trinajstić information content (AvgIpc) is 2.61. The van der Waals surface area contributed by atoms with E-state index in [2.05, 4.69) is 0 Å². The molecular weight excluding hydrogens is 324 g/mol. The number of benzene rings is 2. The van der Waals surface area contributed by atoms with Crippen LogP contribution in [0.2, 0.25) is 0 Å². The van der Waals surface area contributed by atoms with Crippen molar-refractivity contribution in [1.29, 1.82) is 0 Å². The van der Waals surface area contributed by atoms with Gasteiger partial charge in [0.1, 0.15) is 11.3 Å². The van der Waals surface area contributed by atoms with Crippen LogP contribution in [0.1, 0.15) is 5.56 Å². The molecule has 1 heterocycles. The lowest BCUT2D eigenvalue weighted by Gasteiger charge is -2.05. The molecule has 0 aliphatic rings. The van der Waals surface area contributed by atoms with Crippen LogP contribution >= 0.6 is 0 Å². The maximum Gasteiger partial charge on any atom is 0.339 e. The SMILES string of the molecule is COc1cc(C=CC(=O)Oc2cc(=O)oc3ccccc23)ccc1O. The highest BCUT2D eigenvalue weighted by Crippen LogP contribution is 2.27. The van der Waals surface area contributed by atoms with Crippen LogP contribution in [0.4, 0.5) is 0 Å². The fraction of sp³-hybridized carbons (Fsp3) is 0.0526. The number of rotatable bonds is 4. The van der Waals surface area contributed by atoms with E-state index in [-0.39, 0.29) is 11.5 Å². The molecule has 0 fully saturated rings. The third kappa shape index (κ3) is 3.69. The molecule has 0 radical (unpaired) electrons. The van der Waals surface area contributed by atoms with E-state index in [1.165, 1.54) is 25.3 Å². The van der Waals surface area contributed by atoms with Gasteiger partial charge in [-0.2, -0.15) is 0 Å². The van der Waals surface area contributed by atoms with E-state index in [9.17, 15) is 14.7 Å². The fourth-order valence-corrected chi connectivity index (χ4v) is 2.27. The van der Waals surface area contributed by atoms with Gasteiger partial charge in [-0.05, 0) is 35.9 Å². The molecule has 6 nitrogen and oxygen atoms in total. The Morgan fingerprint density at radius 1 is 1.12 bits per heavy atom. The van der Waals surface area contributed by atoms with Crippen LogP contribution in [-0.4, -0.2) is 18.2 Å². The largest absolute Gasteiger partial charge is 0.504 e. The zero-order valence-electron chi connectivity index (χ0n) is 13.3. The monoisotopic (exact) mass is 338 g/mol. The van der Waals surface area contributed by atoms with Crippen molar-refractivity contribution in [1.82, 2.24) is 0 Å². The van der Waals surface area contributed by atoms with Gasteiger partial charge in [-0.25, -0.2) is 9.59 Å². The topological polar surface area (TPSA) is 86.0 Å². The quantitative estimate of drug-likeness (QED) is 0.447. The molecule has 0 spiro atoms. The Balaban J connectivity index is 1.82. The van der Waals surface area contributed by atoms with Gasteiger partial charge in [-0.3, -0.25) is 0 Å². The molecule has 126 valence electrons. The van der Waals surface area contributed by atoms with Crippen molar-refractivity contribution >= 4 is 23.0 Å². The zero-order valence-corrected chi connectivity index (χ0v) is 13.3. The molecule has 0 amide bonds. The smallest absolute Gasteiger partial charge is 0.339 e. The van der Waals surface area contributed by atoms with Crippen molar-refractivity contribution in [3.63, 3.8) is 0 Å². The molecule has 6 heteroatoms. The highest BCUT2D eigenvalue weighted by atomic mass is 16.5. The maximum absolute atomic E-state index is 12.0. The molecule has 0 unspecified atom stereocenters. The minimum absolute atomic E-state index is 0.00436. The van der Waals surface area contributed by atoms with Gasteiger partial charge >= 0.3 is 11.6 Å². The number of hydrogen-bond acceptors (Lipinski definition) is 6. The highest BCUT2D eigenvalue weighted by molar-refractivity contribution is 5.92. The number of ether oxygens (including phenoxy) is 2. The highest BCUT2D eigenvalue weighted by Gasteiger charge is 2.09. The van der Waals surface area contributed by atoms with Gasteiger partial charge in [0.2, 0.25) is 0 Å². The van der Waals surface area contributed by atoms with E-state index >= 15 is 0 Å². The third-order valence-corrected chi connectivity index (χ3v) is 3.44. The first-order chi connectivity index (χ1) is 12.1. The van der Waals surface area contributed by atoms with Crippen LogP contribution in [0.5, 0.6) is 17.2 Å². The van der Waals surface area contributed by atoms with Crippen molar-refractivity contribution in [3.05, 3.63) is 70.6 Å². The summed E-state index contributed by atoms with van der Waals surface area (Å²) in [6, 6.07) is 12.5. The summed E-state index contributed by atoms with van der Waals surface area (Å²) in [5, 5.41) is 10.1. The molecule has 2 aromatic carbocycles. The van der Waals surface area contributed by atoms with E-state index in [0.29, 0.717) is 22.3 Å². The Kier molecular flexibility index (Phi) is 4.52. The summed E-state index contributed by atoms with van der Waals surface area (Å²) in [6.07, 6.45) is 2.73. The number of hydrogen-bond donors (Lipinski definition) is 1. The Hall–Kier alpha value is -3.54. The predicted octanol–water partition coefficient (Wildman–Crippen LogP) is 3.13. The van der Waals surface area contributed by atoms with Crippen LogP contribution in [-0.2, 0) is 4.79 Å². The summed E-state index contributed by atoms with van der Waals surface area (Å²) in [4.78, 5) is 23.6. The molecule has 1 aromatic heterocycles. The van der Waals surface area contributed by atoms with Crippen molar-refractivity contribution in [2.75, 3.05) is 7.11 Å². The maximum atomic E-state index is 12.0. The minimum Gasteiger partial charge on any atom is -0.504 e. The minimum atomic E-state index is -0.650. The van der Waals surface area contributed by atoms with E-state index < -0.39 is 11.6 Å². The Morgan fingerprint density at radius 3 is 2.72 bits per heavy atom. The zero-order chi connectivity index (χ0) is 17.8. The number of carbonyl (C=O) groups excluding carboxylic acids is 1. The summed E-state index contributed by atoms with van der Waals surface area (Å²) in [5.41, 5.74) is 0.378. The van der Waals surface area contributed by atoms with Crippen molar-refractivity contribution < 1.29 is 23.8 Å². The fourth-order valence-electron chi connectivity index (χ4n) is 2.27. The Labute approximate surface area is 142 Å². The first-order valence-electron chi connectivity index (χ1n) is 7.36. The molecule has 3 rings (SSSR count). The second kappa shape index (κ2) is 6.92. The number of para-hydroxylation sites is 1. The number of phenolic OH excluding ortho intramolecular Hbond substituents is 1. The summed E-state index contributed by atoms with van der Waals surface area (Å²) >= 11 is 0. The number of carbonyl (C=O) groups is 1. The van der Waals surface area contributed by atoms with Crippen LogP contribution in [0.25, 0.3) is 17.0 Å². The van der Waals surface area contributed by atoms with Crippen LogP contribution < -0.4 is 15.1 Å². The number of aromatic hydroxyl groups is 1. The lowest BCUT2D eigenvalue weighted by molar-refractivity contribution is -0.128. The summed E-state index contributed by atoms with van der Waals surface area (Å²) in [6.45, 7) is 0. The Morgan fingerprint density at radius 2 is 1.92 bits per heavy atom. The van der Waals surface area contributed by atoms with Crippen LogP contribution in [0.3, 0.4) is 0 Å². The second-order valence-electron chi connectivity index (χ2n) is 5.11. The molecule has 1 N–H and O–H groups in total.